The van der Waals surface area contributed by atoms with Crippen LogP contribution in [-0.4, -0.2) is 11.9 Å². The molecule has 4 nitrogen and oxygen atoms in total. The Kier molecular flexibility index (Phi) is 3.72. The second kappa shape index (κ2) is 4.64. The number of carbonyl (C=O) groups excluding carboxylic acids is 2. The molecule has 1 fully saturated rings. The monoisotopic (exact) mass is 212 g/mol. The highest BCUT2D eigenvalue weighted by Crippen LogP contribution is 2.47. The molecule has 0 amide bonds. The van der Waals surface area contributed by atoms with E-state index in [-0.39, 0.29) is 18.8 Å². The minimum atomic E-state index is -1.70. The highest BCUT2D eigenvalue weighted by molar-refractivity contribution is 5.97. The highest BCUT2D eigenvalue weighted by atomic mass is 16.4. The van der Waals surface area contributed by atoms with Gasteiger partial charge < -0.3 is 19.8 Å². The van der Waals surface area contributed by atoms with E-state index in [4.69, 9.17) is 0 Å². The summed E-state index contributed by atoms with van der Waals surface area (Å²) in [5.74, 6) is -2.77. The van der Waals surface area contributed by atoms with Crippen molar-refractivity contribution in [1.29, 1.82) is 0 Å². The second-order valence-electron chi connectivity index (χ2n) is 4.43. The number of hydrogen-bond donors (Lipinski definition) is 0. The predicted molar refractivity (Wildman–Crippen MR) is 49.3 cm³/mol. The number of rotatable bonds is 6. The maximum atomic E-state index is 10.7. The predicted octanol–water partition coefficient (Wildman–Crippen LogP) is -0.537. The Labute approximate surface area is 89.3 Å². The van der Waals surface area contributed by atoms with Crippen LogP contribution in [0.2, 0.25) is 0 Å². The summed E-state index contributed by atoms with van der Waals surface area (Å²) in [5, 5.41) is 21.4. The summed E-state index contributed by atoms with van der Waals surface area (Å²) in [6.07, 6.45) is 4.54. The zero-order valence-electron chi connectivity index (χ0n) is 8.95. The third-order valence-corrected chi connectivity index (χ3v) is 3.27. The van der Waals surface area contributed by atoms with E-state index in [9.17, 15) is 19.8 Å². The van der Waals surface area contributed by atoms with Crippen molar-refractivity contribution < 1.29 is 19.8 Å². The summed E-state index contributed by atoms with van der Waals surface area (Å²) in [6.45, 7) is 2.09. The number of hydrogen-bond acceptors (Lipinski definition) is 4. The van der Waals surface area contributed by atoms with Gasteiger partial charge in [-0.05, 0) is 18.8 Å². The van der Waals surface area contributed by atoms with Crippen LogP contribution < -0.4 is 10.2 Å². The molecule has 0 N–H and O–H groups in total. The van der Waals surface area contributed by atoms with Gasteiger partial charge in [-0.25, -0.2) is 0 Å². The normalized spacial score (nSPS) is 19.5. The quantitative estimate of drug-likeness (QED) is 0.437. The first-order valence-electron chi connectivity index (χ1n) is 5.46. The van der Waals surface area contributed by atoms with Crippen LogP contribution in [-0.2, 0) is 9.59 Å². The van der Waals surface area contributed by atoms with Crippen LogP contribution in [0, 0.1) is 11.3 Å². The zero-order valence-corrected chi connectivity index (χ0v) is 8.95. The molecule has 1 rings (SSSR count). The first-order valence-corrected chi connectivity index (χ1v) is 5.46. The summed E-state index contributed by atoms with van der Waals surface area (Å²) in [6, 6.07) is 0. The summed E-state index contributed by atoms with van der Waals surface area (Å²) >= 11 is 0. The third kappa shape index (κ3) is 2.30. The fourth-order valence-electron chi connectivity index (χ4n) is 2.23. The Morgan fingerprint density at radius 2 is 1.73 bits per heavy atom. The van der Waals surface area contributed by atoms with Gasteiger partial charge in [0.15, 0.2) is 0 Å². The van der Waals surface area contributed by atoms with Crippen molar-refractivity contribution >= 4 is 11.9 Å². The Morgan fingerprint density at radius 1 is 1.20 bits per heavy atom. The van der Waals surface area contributed by atoms with Crippen LogP contribution in [0.25, 0.3) is 0 Å². The molecule has 1 aliphatic carbocycles. The fourth-order valence-corrected chi connectivity index (χ4v) is 2.23. The van der Waals surface area contributed by atoms with E-state index in [1.165, 1.54) is 0 Å². The van der Waals surface area contributed by atoms with E-state index in [2.05, 4.69) is 6.92 Å². The lowest BCUT2D eigenvalue weighted by Gasteiger charge is -2.49. The Bertz CT molecular complexity index is 237. The summed E-state index contributed by atoms with van der Waals surface area (Å²) in [7, 11) is 0. The topological polar surface area (TPSA) is 80.3 Å². The molecule has 0 aromatic rings. The molecule has 0 aromatic heterocycles. The van der Waals surface area contributed by atoms with Gasteiger partial charge in [0, 0.05) is 5.41 Å². The fraction of sp³-hybridized carbons (Fsp3) is 0.818. The Morgan fingerprint density at radius 3 is 2.13 bits per heavy atom. The third-order valence-electron chi connectivity index (χ3n) is 3.27. The molecule has 1 saturated carbocycles. The molecule has 0 aromatic carbocycles. The SMILES string of the molecule is CCCCCC1CC(C(=O)[O-])(C(=O)[O-])C1. The molecule has 0 bridgehead atoms. The lowest BCUT2D eigenvalue weighted by Crippen LogP contribution is -2.60. The smallest absolute Gasteiger partial charge is 0.0532 e. The molecule has 0 heterocycles. The number of aliphatic carboxylic acids is 2. The lowest BCUT2D eigenvalue weighted by molar-refractivity contribution is -0.351. The first kappa shape index (κ1) is 12.0. The maximum Gasteiger partial charge on any atom is 0.0532 e. The zero-order chi connectivity index (χ0) is 11.5. The Balaban J connectivity index is 2.38. The van der Waals surface area contributed by atoms with Crippen LogP contribution in [0.3, 0.4) is 0 Å². The molecule has 0 atom stereocenters. The van der Waals surface area contributed by atoms with Gasteiger partial charge in [-0.15, -0.1) is 0 Å². The van der Waals surface area contributed by atoms with Gasteiger partial charge in [0.2, 0.25) is 0 Å². The molecular formula is C11H16O4-2. The average molecular weight is 212 g/mol. The molecule has 0 unspecified atom stereocenters. The van der Waals surface area contributed by atoms with E-state index in [1.54, 1.807) is 0 Å². The van der Waals surface area contributed by atoms with E-state index >= 15 is 0 Å². The maximum absolute atomic E-state index is 10.7. The average Bonchev–Trinajstić information content (AvgIpc) is 2.07. The van der Waals surface area contributed by atoms with Gasteiger partial charge in [-0.2, -0.15) is 0 Å². The molecule has 0 saturated heterocycles. The number of unbranched alkanes of at least 4 members (excludes halogenated alkanes) is 2. The van der Waals surface area contributed by atoms with Crippen molar-refractivity contribution in [3.8, 4) is 0 Å². The Hall–Kier alpha value is -1.06. The van der Waals surface area contributed by atoms with Crippen molar-refractivity contribution in [2.45, 2.75) is 45.4 Å². The second-order valence-corrected chi connectivity index (χ2v) is 4.43. The lowest BCUT2D eigenvalue weighted by atomic mass is 9.60. The molecule has 1 aliphatic rings. The van der Waals surface area contributed by atoms with Gasteiger partial charge in [0.25, 0.3) is 0 Å². The van der Waals surface area contributed by atoms with E-state index < -0.39 is 17.4 Å². The van der Waals surface area contributed by atoms with Crippen molar-refractivity contribution in [2.75, 3.05) is 0 Å². The van der Waals surface area contributed by atoms with Crippen molar-refractivity contribution in [3.63, 3.8) is 0 Å². The van der Waals surface area contributed by atoms with Crippen molar-refractivity contribution in [2.24, 2.45) is 11.3 Å². The molecular weight excluding hydrogens is 196 g/mol. The van der Waals surface area contributed by atoms with E-state index in [0.717, 1.165) is 25.7 Å². The minimum Gasteiger partial charge on any atom is -0.549 e. The van der Waals surface area contributed by atoms with Gasteiger partial charge in [-0.3, -0.25) is 0 Å². The number of carbonyl (C=O) groups is 2. The molecule has 0 spiro atoms. The van der Waals surface area contributed by atoms with Crippen LogP contribution in [0.5, 0.6) is 0 Å². The summed E-state index contributed by atoms with van der Waals surface area (Å²) < 4.78 is 0. The van der Waals surface area contributed by atoms with E-state index in [0.29, 0.717) is 0 Å². The molecule has 0 radical (unpaired) electrons. The van der Waals surface area contributed by atoms with E-state index in [1.807, 2.05) is 0 Å². The van der Waals surface area contributed by atoms with Crippen LogP contribution >= 0.6 is 0 Å². The van der Waals surface area contributed by atoms with Crippen LogP contribution in [0.4, 0.5) is 0 Å². The molecule has 86 valence electrons. The summed E-state index contributed by atoms with van der Waals surface area (Å²) in [5.41, 5.74) is -1.70. The van der Waals surface area contributed by atoms with Gasteiger partial charge in [0.1, 0.15) is 0 Å². The van der Waals surface area contributed by atoms with Gasteiger partial charge in [-0.1, -0.05) is 32.6 Å². The van der Waals surface area contributed by atoms with Crippen LogP contribution in [0.15, 0.2) is 0 Å². The molecule has 0 aliphatic heterocycles. The largest absolute Gasteiger partial charge is 0.549 e. The van der Waals surface area contributed by atoms with Crippen LogP contribution in [0.1, 0.15) is 45.4 Å². The first-order chi connectivity index (χ1) is 7.03. The highest BCUT2D eigenvalue weighted by Gasteiger charge is 2.46. The molecule has 15 heavy (non-hydrogen) atoms. The summed E-state index contributed by atoms with van der Waals surface area (Å²) in [4.78, 5) is 21.4. The molecule has 4 heteroatoms. The van der Waals surface area contributed by atoms with Gasteiger partial charge >= 0.3 is 0 Å². The standard InChI is InChI=1S/C11H18O4/c1-2-3-4-5-8-6-11(7-8,9(12)13)10(14)15/h8H,2-7H2,1H3,(H,12,13)(H,14,15)/p-2. The number of carboxylic acid groups (broad SMARTS) is 2. The van der Waals surface area contributed by atoms with Crippen molar-refractivity contribution in [3.05, 3.63) is 0 Å². The number of carboxylic acids is 2. The van der Waals surface area contributed by atoms with Gasteiger partial charge in [0.05, 0.1) is 11.9 Å². The van der Waals surface area contributed by atoms with Crippen molar-refractivity contribution in [1.82, 2.24) is 0 Å². The minimum absolute atomic E-state index is 0.182.